The van der Waals surface area contributed by atoms with Crippen LogP contribution >= 0.6 is 11.8 Å². The molecule has 0 saturated heterocycles. The number of para-hydroxylation sites is 2. The predicted octanol–water partition coefficient (Wildman–Crippen LogP) is 4.35. The van der Waals surface area contributed by atoms with Crippen molar-refractivity contribution < 1.29 is 14.0 Å². The number of nitrogens with zero attached hydrogens (tertiary/aromatic N) is 2. The second-order valence-electron chi connectivity index (χ2n) is 8.09. The molecule has 4 aromatic rings. The summed E-state index contributed by atoms with van der Waals surface area (Å²) in [4.78, 5) is 37.1. The van der Waals surface area contributed by atoms with Crippen molar-refractivity contribution >= 4 is 45.9 Å². The number of carbonyl (C=O) groups is 2. The second-order valence-corrected chi connectivity index (χ2v) is 9.23. The molecule has 168 valence electrons. The van der Waals surface area contributed by atoms with Crippen LogP contribution in [0.1, 0.15) is 21.6 Å². The SMILES string of the molecule is O=C(NC1N=C(c2ccccc2F)c2cccc3c2N(CCS3)C1=O)c1cc2ccccc2[nH]1. The Morgan fingerprint density at radius 3 is 2.71 bits per heavy atom. The van der Waals surface area contributed by atoms with Gasteiger partial charge in [0.1, 0.15) is 11.5 Å². The molecule has 2 N–H and O–H groups in total. The van der Waals surface area contributed by atoms with Crippen molar-refractivity contribution in [3.8, 4) is 0 Å². The van der Waals surface area contributed by atoms with Crippen LogP contribution in [0.15, 0.2) is 82.7 Å². The standard InChI is InChI=1S/C26H19FN4O2S/c27-18-9-3-2-7-16(18)22-17-8-5-11-21-23(17)31(12-13-34-21)26(33)24(29-22)30-25(32)20-14-15-6-1-4-10-19(15)28-20/h1-11,14,24,28H,12-13H2,(H,30,32). The van der Waals surface area contributed by atoms with Gasteiger partial charge in [0.05, 0.1) is 11.4 Å². The first-order valence-electron chi connectivity index (χ1n) is 10.9. The lowest BCUT2D eigenvalue weighted by Gasteiger charge is -2.30. The summed E-state index contributed by atoms with van der Waals surface area (Å²) >= 11 is 1.65. The molecule has 0 saturated carbocycles. The molecule has 6 rings (SSSR count). The Morgan fingerprint density at radius 1 is 1.06 bits per heavy atom. The van der Waals surface area contributed by atoms with Gasteiger partial charge in [0, 0.05) is 39.2 Å². The molecule has 0 fully saturated rings. The number of hydrogen-bond acceptors (Lipinski definition) is 4. The summed E-state index contributed by atoms with van der Waals surface area (Å²) in [5.74, 6) is -0.516. The highest BCUT2D eigenvalue weighted by molar-refractivity contribution is 7.99. The number of aliphatic imine (C=N–C) groups is 1. The van der Waals surface area contributed by atoms with E-state index < -0.39 is 17.9 Å². The van der Waals surface area contributed by atoms with E-state index in [1.165, 1.54) is 6.07 Å². The third kappa shape index (κ3) is 3.38. The minimum absolute atomic E-state index is 0.283. The fourth-order valence-corrected chi connectivity index (χ4v) is 5.47. The molecule has 2 aliphatic heterocycles. The van der Waals surface area contributed by atoms with Crippen molar-refractivity contribution in [1.29, 1.82) is 0 Å². The van der Waals surface area contributed by atoms with E-state index in [2.05, 4.69) is 15.3 Å². The number of aromatic nitrogens is 1. The van der Waals surface area contributed by atoms with Gasteiger partial charge >= 0.3 is 0 Å². The van der Waals surface area contributed by atoms with Crippen LogP contribution in [-0.4, -0.2) is 41.0 Å². The number of H-pyrrole nitrogens is 1. The van der Waals surface area contributed by atoms with E-state index in [9.17, 15) is 14.0 Å². The number of amides is 2. The number of hydrogen-bond donors (Lipinski definition) is 2. The summed E-state index contributed by atoms with van der Waals surface area (Å²) in [5.41, 5.74) is 3.16. The zero-order valence-corrected chi connectivity index (χ0v) is 18.7. The number of halogens is 1. The van der Waals surface area contributed by atoms with Crippen LogP contribution in [0, 0.1) is 5.82 Å². The van der Waals surface area contributed by atoms with Crippen molar-refractivity contribution in [2.45, 2.75) is 11.1 Å². The maximum Gasteiger partial charge on any atom is 0.272 e. The van der Waals surface area contributed by atoms with Gasteiger partial charge in [-0.15, -0.1) is 11.8 Å². The molecular formula is C26H19FN4O2S. The minimum atomic E-state index is -1.20. The van der Waals surface area contributed by atoms with Gasteiger partial charge in [-0.1, -0.05) is 42.5 Å². The van der Waals surface area contributed by atoms with E-state index in [1.54, 1.807) is 40.9 Å². The number of carbonyl (C=O) groups excluding carboxylic acids is 2. The molecule has 0 aliphatic carbocycles. The first kappa shape index (κ1) is 20.7. The third-order valence-electron chi connectivity index (χ3n) is 6.03. The largest absolute Gasteiger partial charge is 0.351 e. The van der Waals surface area contributed by atoms with Gasteiger partial charge < -0.3 is 15.2 Å². The van der Waals surface area contributed by atoms with E-state index in [0.717, 1.165) is 21.6 Å². The van der Waals surface area contributed by atoms with Gasteiger partial charge in [0.25, 0.3) is 11.8 Å². The van der Waals surface area contributed by atoms with Gasteiger partial charge in [-0.25, -0.2) is 9.38 Å². The second kappa shape index (κ2) is 8.14. The fourth-order valence-electron chi connectivity index (χ4n) is 4.45. The maximum atomic E-state index is 14.9. The molecule has 2 aliphatic rings. The lowest BCUT2D eigenvalue weighted by atomic mass is 9.99. The fraction of sp³-hybridized carbons (Fsp3) is 0.115. The first-order valence-corrected chi connectivity index (χ1v) is 11.9. The number of anilines is 1. The van der Waals surface area contributed by atoms with Gasteiger partial charge in [0.2, 0.25) is 6.17 Å². The quantitative estimate of drug-likeness (QED) is 0.467. The molecule has 1 atom stereocenters. The molecule has 0 bridgehead atoms. The molecule has 3 aromatic carbocycles. The highest BCUT2D eigenvalue weighted by Crippen LogP contribution is 2.40. The lowest BCUT2D eigenvalue weighted by Crippen LogP contribution is -2.48. The number of benzene rings is 3. The Bertz CT molecular complexity index is 1460. The Balaban J connectivity index is 1.46. The van der Waals surface area contributed by atoms with Crippen LogP contribution < -0.4 is 10.2 Å². The average molecular weight is 471 g/mol. The van der Waals surface area contributed by atoms with E-state index >= 15 is 0 Å². The molecule has 8 heteroatoms. The Kier molecular flexibility index (Phi) is 4.95. The van der Waals surface area contributed by atoms with Gasteiger partial charge in [-0.3, -0.25) is 9.59 Å². The predicted molar refractivity (Wildman–Crippen MR) is 131 cm³/mol. The zero-order chi connectivity index (χ0) is 23.2. The molecule has 0 radical (unpaired) electrons. The molecule has 34 heavy (non-hydrogen) atoms. The number of nitrogens with one attached hydrogen (secondary N) is 2. The van der Waals surface area contributed by atoms with Crippen LogP contribution in [-0.2, 0) is 4.79 Å². The van der Waals surface area contributed by atoms with Crippen molar-refractivity contribution in [2.24, 2.45) is 4.99 Å². The van der Waals surface area contributed by atoms with Crippen LogP contribution in [0.25, 0.3) is 10.9 Å². The summed E-state index contributed by atoms with van der Waals surface area (Å²) < 4.78 is 14.9. The third-order valence-corrected chi connectivity index (χ3v) is 7.05. The molecule has 3 heterocycles. The minimum Gasteiger partial charge on any atom is -0.351 e. The van der Waals surface area contributed by atoms with Crippen molar-refractivity contribution in [3.63, 3.8) is 0 Å². The Hall–Kier alpha value is -3.91. The van der Waals surface area contributed by atoms with Crippen molar-refractivity contribution in [1.82, 2.24) is 10.3 Å². The summed E-state index contributed by atoms with van der Waals surface area (Å²) in [7, 11) is 0. The summed E-state index contributed by atoms with van der Waals surface area (Å²) in [6, 6.07) is 21.3. The monoisotopic (exact) mass is 470 g/mol. The van der Waals surface area contributed by atoms with Crippen LogP contribution in [0.4, 0.5) is 10.1 Å². The van der Waals surface area contributed by atoms with E-state index in [-0.39, 0.29) is 11.5 Å². The van der Waals surface area contributed by atoms with Gasteiger partial charge in [0.15, 0.2) is 0 Å². The highest BCUT2D eigenvalue weighted by Gasteiger charge is 2.36. The Labute approximate surface area is 198 Å². The van der Waals surface area contributed by atoms with E-state index in [0.29, 0.717) is 29.2 Å². The van der Waals surface area contributed by atoms with Crippen LogP contribution in [0.2, 0.25) is 0 Å². The summed E-state index contributed by atoms with van der Waals surface area (Å²) in [5, 5.41) is 3.66. The molecular weight excluding hydrogens is 451 g/mol. The van der Waals surface area contributed by atoms with E-state index in [4.69, 9.17) is 0 Å². The van der Waals surface area contributed by atoms with Gasteiger partial charge in [-0.05, 0) is 30.3 Å². The zero-order valence-electron chi connectivity index (χ0n) is 17.9. The number of fused-ring (bicyclic) bond motifs is 1. The molecule has 1 unspecified atom stereocenters. The van der Waals surface area contributed by atoms with Crippen LogP contribution in [0.5, 0.6) is 0 Å². The summed E-state index contributed by atoms with van der Waals surface area (Å²) in [6.45, 7) is 0.479. The Morgan fingerprint density at radius 2 is 1.85 bits per heavy atom. The lowest BCUT2D eigenvalue weighted by molar-refractivity contribution is -0.120. The average Bonchev–Trinajstić information content (AvgIpc) is 3.26. The smallest absolute Gasteiger partial charge is 0.272 e. The number of aromatic amines is 1. The number of thioether (sulfide) groups is 1. The number of rotatable bonds is 3. The first-order chi connectivity index (χ1) is 16.6. The summed E-state index contributed by atoms with van der Waals surface area (Å²) in [6.07, 6.45) is -1.20. The van der Waals surface area contributed by atoms with Crippen molar-refractivity contribution in [2.75, 3.05) is 17.2 Å². The highest BCUT2D eigenvalue weighted by atomic mass is 32.2. The van der Waals surface area contributed by atoms with Crippen LogP contribution in [0.3, 0.4) is 0 Å². The molecule has 1 aromatic heterocycles. The van der Waals surface area contributed by atoms with Gasteiger partial charge in [-0.2, -0.15) is 0 Å². The molecule has 2 amide bonds. The normalized spacial score (nSPS) is 17.2. The molecule has 6 nitrogen and oxygen atoms in total. The topological polar surface area (TPSA) is 77.6 Å². The maximum absolute atomic E-state index is 14.9. The molecule has 0 spiro atoms. The van der Waals surface area contributed by atoms with E-state index in [1.807, 2.05) is 42.5 Å². The van der Waals surface area contributed by atoms with Crippen molar-refractivity contribution in [3.05, 3.63) is 95.4 Å².